The molecule has 1 aliphatic rings. The van der Waals surface area contributed by atoms with E-state index in [0.29, 0.717) is 6.61 Å². The maximum absolute atomic E-state index is 9.62. The lowest BCUT2D eigenvalue weighted by atomic mass is 10.1. The van der Waals surface area contributed by atoms with Crippen molar-refractivity contribution >= 4 is 0 Å². The molecule has 1 rings (SSSR count). The molecular formula is C8H16O5. The Morgan fingerprint density at radius 2 is 1.92 bits per heavy atom. The molecule has 1 N–H and O–H groups in total. The summed E-state index contributed by atoms with van der Waals surface area (Å²) in [4.78, 5) is 0. The molecule has 4 unspecified atom stereocenters. The van der Waals surface area contributed by atoms with Gasteiger partial charge in [-0.2, -0.15) is 0 Å². The fourth-order valence-corrected chi connectivity index (χ4v) is 1.49. The van der Waals surface area contributed by atoms with Gasteiger partial charge in [0.25, 0.3) is 0 Å². The molecule has 4 atom stereocenters. The molecule has 13 heavy (non-hydrogen) atoms. The molecule has 0 radical (unpaired) electrons. The quantitative estimate of drug-likeness (QED) is 0.643. The summed E-state index contributed by atoms with van der Waals surface area (Å²) in [6.45, 7) is 0.384. The highest BCUT2D eigenvalue weighted by molar-refractivity contribution is 4.87. The summed E-state index contributed by atoms with van der Waals surface area (Å²) in [6, 6.07) is 0. The van der Waals surface area contributed by atoms with E-state index in [1.165, 1.54) is 14.2 Å². The number of hydrogen-bond acceptors (Lipinski definition) is 5. The number of rotatable bonds is 4. The first-order valence-corrected chi connectivity index (χ1v) is 4.12. The zero-order valence-electron chi connectivity index (χ0n) is 8.10. The molecule has 0 amide bonds. The molecule has 5 heteroatoms. The Morgan fingerprint density at radius 1 is 1.23 bits per heavy atom. The van der Waals surface area contributed by atoms with Gasteiger partial charge < -0.3 is 24.1 Å². The summed E-state index contributed by atoms with van der Waals surface area (Å²) in [5, 5.41) is 9.62. The molecular weight excluding hydrogens is 176 g/mol. The van der Waals surface area contributed by atoms with E-state index in [1.807, 2.05) is 0 Å². The molecule has 0 bridgehead atoms. The van der Waals surface area contributed by atoms with Gasteiger partial charge in [0.05, 0.1) is 6.61 Å². The van der Waals surface area contributed by atoms with Crippen molar-refractivity contribution in [2.75, 3.05) is 27.9 Å². The van der Waals surface area contributed by atoms with Crippen molar-refractivity contribution in [3.63, 3.8) is 0 Å². The Bertz CT molecular complexity index is 151. The first-order chi connectivity index (χ1) is 6.24. The predicted molar refractivity (Wildman–Crippen MR) is 44.3 cm³/mol. The first-order valence-electron chi connectivity index (χ1n) is 4.12. The molecule has 0 aromatic heterocycles. The van der Waals surface area contributed by atoms with Crippen molar-refractivity contribution in [2.24, 2.45) is 0 Å². The van der Waals surface area contributed by atoms with Gasteiger partial charge in [-0.1, -0.05) is 0 Å². The molecule has 0 saturated carbocycles. The summed E-state index contributed by atoms with van der Waals surface area (Å²) < 4.78 is 20.3. The highest BCUT2D eigenvalue weighted by Gasteiger charge is 2.44. The van der Waals surface area contributed by atoms with E-state index in [4.69, 9.17) is 18.9 Å². The van der Waals surface area contributed by atoms with Gasteiger partial charge in [0.1, 0.15) is 18.3 Å². The van der Waals surface area contributed by atoms with Crippen molar-refractivity contribution in [3.05, 3.63) is 0 Å². The van der Waals surface area contributed by atoms with Gasteiger partial charge in [-0.05, 0) is 0 Å². The average molecular weight is 192 g/mol. The molecule has 1 aliphatic heterocycles. The van der Waals surface area contributed by atoms with Crippen molar-refractivity contribution in [1.29, 1.82) is 0 Å². The second-order valence-electron chi connectivity index (χ2n) is 2.92. The number of methoxy groups -OCH3 is 3. The van der Waals surface area contributed by atoms with Crippen molar-refractivity contribution in [1.82, 2.24) is 0 Å². The Balaban J connectivity index is 2.55. The van der Waals surface area contributed by atoms with Gasteiger partial charge in [0, 0.05) is 21.3 Å². The SMILES string of the molecule is COCC1OC(OC)C(O)C1OC. The van der Waals surface area contributed by atoms with Gasteiger partial charge in [-0.3, -0.25) is 0 Å². The molecule has 1 heterocycles. The Morgan fingerprint density at radius 3 is 2.38 bits per heavy atom. The maximum Gasteiger partial charge on any atom is 0.186 e. The Kier molecular flexibility index (Phi) is 4.08. The molecule has 0 aliphatic carbocycles. The van der Waals surface area contributed by atoms with Gasteiger partial charge in [0.2, 0.25) is 0 Å². The van der Waals surface area contributed by atoms with E-state index >= 15 is 0 Å². The lowest BCUT2D eigenvalue weighted by Crippen LogP contribution is -2.36. The van der Waals surface area contributed by atoms with Crippen LogP contribution in [0.1, 0.15) is 0 Å². The fourth-order valence-electron chi connectivity index (χ4n) is 1.49. The van der Waals surface area contributed by atoms with Crippen LogP contribution in [-0.2, 0) is 18.9 Å². The third-order valence-electron chi connectivity index (χ3n) is 2.13. The van der Waals surface area contributed by atoms with Crippen LogP contribution >= 0.6 is 0 Å². The van der Waals surface area contributed by atoms with Crippen LogP contribution in [0.2, 0.25) is 0 Å². The smallest absolute Gasteiger partial charge is 0.186 e. The van der Waals surface area contributed by atoms with E-state index < -0.39 is 12.4 Å². The second kappa shape index (κ2) is 4.88. The Labute approximate surface area is 77.5 Å². The van der Waals surface area contributed by atoms with Crippen LogP contribution < -0.4 is 0 Å². The van der Waals surface area contributed by atoms with Crippen LogP contribution in [0.4, 0.5) is 0 Å². The molecule has 0 spiro atoms. The van der Waals surface area contributed by atoms with Crippen LogP contribution in [0.3, 0.4) is 0 Å². The van der Waals surface area contributed by atoms with Crippen LogP contribution in [0.25, 0.3) is 0 Å². The lowest BCUT2D eigenvalue weighted by molar-refractivity contribution is -0.154. The normalized spacial score (nSPS) is 39.7. The van der Waals surface area contributed by atoms with Crippen LogP contribution in [0, 0.1) is 0 Å². The van der Waals surface area contributed by atoms with Crippen LogP contribution in [0.15, 0.2) is 0 Å². The fraction of sp³-hybridized carbons (Fsp3) is 1.00. The number of aliphatic hydroxyl groups is 1. The molecule has 1 fully saturated rings. The standard InChI is InChI=1S/C8H16O5/c1-10-4-5-7(11-2)6(9)8(12-3)13-5/h5-9H,4H2,1-3H3. The van der Waals surface area contributed by atoms with Gasteiger partial charge in [-0.25, -0.2) is 0 Å². The molecule has 1 saturated heterocycles. The van der Waals surface area contributed by atoms with Crippen molar-refractivity contribution in [3.8, 4) is 0 Å². The predicted octanol–water partition coefficient (Wildman–Crippen LogP) is -0.620. The zero-order chi connectivity index (χ0) is 9.84. The maximum atomic E-state index is 9.62. The molecule has 5 nitrogen and oxygen atoms in total. The summed E-state index contributed by atoms with van der Waals surface area (Å²) in [6.07, 6.45) is -2.03. The molecule has 0 aromatic rings. The average Bonchev–Trinajstić information content (AvgIpc) is 2.43. The topological polar surface area (TPSA) is 57.2 Å². The lowest BCUT2D eigenvalue weighted by Gasteiger charge is -2.17. The monoisotopic (exact) mass is 192 g/mol. The van der Waals surface area contributed by atoms with Gasteiger partial charge >= 0.3 is 0 Å². The zero-order valence-corrected chi connectivity index (χ0v) is 8.10. The summed E-state index contributed by atoms with van der Waals surface area (Å²) >= 11 is 0. The number of ether oxygens (including phenoxy) is 4. The van der Waals surface area contributed by atoms with Crippen molar-refractivity contribution in [2.45, 2.75) is 24.6 Å². The van der Waals surface area contributed by atoms with Crippen molar-refractivity contribution < 1.29 is 24.1 Å². The van der Waals surface area contributed by atoms with Gasteiger partial charge in [0.15, 0.2) is 6.29 Å². The molecule has 0 aromatic carbocycles. The van der Waals surface area contributed by atoms with Crippen LogP contribution in [-0.4, -0.2) is 57.6 Å². The van der Waals surface area contributed by atoms with Gasteiger partial charge in [-0.15, -0.1) is 0 Å². The van der Waals surface area contributed by atoms with E-state index in [1.54, 1.807) is 7.11 Å². The molecule has 78 valence electrons. The van der Waals surface area contributed by atoms with E-state index in [0.717, 1.165) is 0 Å². The highest BCUT2D eigenvalue weighted by Crippen LogP contribution is 2.23. The minimum atomic E-state index is -0.754. The summed E-state index contributed by atoms with van der Waals surface area (Å²) in [5.41, 5.74) is 0. The largest absolute Gasteiger partial charge is 0.385 e. The minimum Gasteiger partial charge on any atom is -0.385 e. The van der Waals surface area contributed by atoms with Crippen LogP contribution in [0.5, 0.6) is 0 Å². The minimum absolute atomic E-state index is 0.269. The summed E-state index contributed by atoms with van der Waals surface area (Å²) in [7, 11) is 4.58. The third-order valence-corrected chi connectivity index (χ3v) is 2.13. The van der Waals surface area contributed by atoms with E-state index in [9.17, 15) is 5.11 Å². The number of hydrogen-bond donors (Lipinski definition) is 1. The van der Waals surface area contributed by atoms with E-state index in [2.05, 4.69) is 0 Å². The van der Waals surface area contributed by atoms with E-state index in [-0.39, 0.29) is 12.2 Å². The third kappa shape index (κ3) is 2.18. The summed E-state index contributed by atoms with van der Waals surface area (Å²) in [5.74, 6) is 0. The number of aliphatic hydroxyl groups excluding tert-OH is 1. The first kappa shape index (κ1) is 10.9. The second-order valence-corrected chi connectivity index (χ2v) is 2.92. The highest BCUT2D eigenvalue weighted by atomic mass is 16.7. The Hall–Kier alpha value is -0.200.